The van der Waals surface area contributed by atoms with Gasteiger partial charge in [0.25, 0.3) is 5.91 Å². The Morgan fingerprint density at radius 1 is 1.50 bits per heavy atom. The van der Waals surface area contributed by atoms with Gasteiger partial charge >= 0.3 is 0 Å². The molecule has 1 amide bonds. The van der Waals surface area contributed by atoms with Gasteiger partial charge in [0.2, 0.25) is 0 Å². The number of rotatable bonds is 3. The molecule has 20 heavy (non-hydrogen) atoms. The molecule has 1 aromatic heterocycles. The van der Waals surface area contributed by atoms with E-state index in [0.29, 0.717) is 18.1 Å². The largest absolute Gasteiger partial charge is 0.368 e. The van der Waals surface area contributed by atoms with E-state index in [1.807, 2.05) is 31.2 Å². The molecule has 1 atom stereocenters. The molecule has 7 heteroatoms. The van der Waals surface area contributed by atoms with Crippen LogP contribution in [0.4, 0.5) is 5.69 Å². The average molecular weight is 273 g/mol. The van der Waals surface area contributed by atoms with Crippen molar-refractivity contribution >= 4 is 11.6 Å². The molecule has 104 valence electrons. The van der Waals surface area contributed by atoms with E-state index in [4.69, 9.17) is 4.74 Å². The maximum Gasteiger partial charge on any atom is 0.253 e. The first-order chi connectivity index (χ1) is 9.74. The average Bonchev–Trinajstić information content (AvgIpc) is 3.10. The van der Waals surface area contributed by atoms with Crippen molar-refractivity contribution in [2.24, 2.45) is 0 Å². The molecule has 0 aliphatic carbocycles. The van der Waals surface area contributed by atoms with Crippen LogP contribution in [0.3, 0.4) is 0 Å². The highest BCUT2D eigenvalue weighted by Gasteiger charge is 2.23. The van der Waals surface area contributed by atoms with E-state index in [1.54, 1.807) is 4.68 Å². The minimum atomic E-state index is -0.339. The number of ether oxygens (including phenoxy) is 1. The molecule has 1 N–H and O–H groups in total. The normalized spacial score (nSPS) is 18.1. The van der Waals surface area contributed by atoms with E-state index >= 15 is 0 Å². The van der Waals surface area contributed by atoms with Gasteiger partial charge < -0.3 is 10.1 Å². The van der Waals surface area contributed by atoms with E-state index in [-0.39, 0.29) is 12.0 Å². The Bertz CT molecular complexity index is 619. The second-order valence-corrected chi connectivity index (χ2v) is 4.68. The fraction of sp³-hybridized carbons (Fsp3) is 0.385. The summed E-state index contributed by atoms with van der Waals surface area (Å²) in [4.78, 5) is 12.0. The predicted octanol–water partition coefficient (Wildman–Crippen LogP) is 1.09. The molecular formula is C13H15N5O2. The van der Waals surface area contributed by atoms with Crippen molar-refractivity contribution in [2.75, 3.05) is 11.9 Å². The van der Waals surface area contributed by atoms with Gasteiger partial charge in [0, 0.05) is 12.3 Å². The van der Waals surface area contributed by atoms with Crippen LogP contribution in [0.2, 0.25) is 0 Å². The van der Waals surface area contributed by atoms with Crippen molar-refractivity contribution in [1.29, 1.82) is 0 Å². The van der Waals surface area contributed by atoms with Gasteiger partial charge in [-0.2, -0.15) is 4.68 Å². The van der Waals surface area contributed by atoms with E-state index < -0.39 is 0 Å². The standard InChI is InChI=1S/C13H15N5O2/c1-9-15-16-17-18(9)11-5-2-4-10(8-11)14-13(19)12-6-3-7-20-12/h2,4-5,8,12H,3,6-7H2,1H3,(H,14,19). The van der Waals surface area contributed by atoms with Crippen LogP contribution >= 0.6 is 0 Å². The lowest BCUT2D eigenvalue weighted by atomic mass is 10.2. The molecule has 1 saturated heterocycles. The minimum Gasteiger partial charge on any atom is -0.368 e. The molecule has 1 aromatic carbocycles. The summed E-state index contributed by atoms with van der Waals surface area (Å²) in [5.41, 5.74) is 1.51. The SMILES string of the molecule is Cc1nnnn1-c1cccc(NC(=O)C2CCCO2)c1. The summed E-state index contributed by atoms with van der Waals surface area (Å²) < 4.78 is 6.97. The molecule has 1 aliphatic rings. The number of hydrogen-bond donors (Lipinski definition) is 1. The first-order valence-corrected chi connectivity index (χ1v) is 6.52. The summed E-state index contributed by atoms with van der Waals surface area (Å²) in [5, 5.41) is 14.2. The Kier molecular flexibility index (Phi) is 3.42. The van der Waals surface area contributed by atoms with Crippen molar-refractivity contribution in [3.8, 4) is 5.69 Å². The number of anilines is 1. The molecule has 1 aliphatic heterocycles. The van der Waals surface area contributed by atoms with Crippen molar-refractivity contribution in [1.82, 2.24) is 20.2 Å². The third-order valence-corrected chi connectivity index (χ3v) is 3.21. The number of carbonyl (C=O) groups is 1. The van der Waals surface area contributed by atoms with Crippen molar-refractivity contribution in [2.45, 2.75) is 25.9 Å². The Hall–Kier alpha value is -2.28. The van der Waals surface area contributed by atoms with Crippen molar-refractivity contribution in [3.63, 3.8) is 0 Å². The zero-order valence-electron chi connectivity index (χ0n) is 11.1. The molecule has 0 bridgehead atoms. The quantitative estimate of drug-likeness (QED) is 0.905. The number of nitrogens with one attached hydrogen (secondary N) is 1. The van der Waals surface area contributed by atoms with Gasteiger partial charge in [0.15, 0.2) is 5.82 Å². The van der Waals surface area contributed by atoms with Crippen LogP contribution in [-0.2, 0) is 9.53 Å². The van der Waals surface area contributed by atoms with E-state index in [2.05, 4.69) is 20.8 Å². The predicted molar refractivity (Wildman–Crippen MR) is 71.5 cm³/mol. The Morgan fingerprint density at radius 2 is 2.40 bits per heavy atom. The van der Waals surface area contributed by atoms with Gasteiger partial charge in [0.05, 0.1) is 5.69 Å². The molecular weight excluding hydrogens is 258 g/mol. The number of hydrogen-bond acceptors (Lipinski definition) is 5. The molecule has 0 radical (unpaired) electrons. The smallest absolute Gasteiger partial charge is 0.253 e. The first-order valence-electron chi connectivity index (χ1n) is 6.52. The van der Waals surface area contributed by atoms with Crippen LogP contribution < -0.4 is 5.32 Å². The number of nitrogens with zero attached hydrogens (tertiary/aromatic N) is 4. The molecule has 1 fully saturated rings. The van der Waals surface area contributed by atoms with Gasteiger partial charge in [-0.3, -0.25) is 4.79 Å². The minimum absolute atomic E-state index is 0.104. The number of amides is 1. The number of carbonyl (C=O) groups excluding carboxylic acids is 1. The molecule has 0 spiro atoms. The summed E-state index contributed by atoms with van der Waals surface area (Å²) in [6.45, 7) is 2.47. The zero-order valence-corrected chi connectivity index (χ0v) is 11.1. The molecule has 1 unspecified atom stereocenters. The van der Waals surface area contributed by atoms with Crippen LogP contribution in [0.1, 0.15) is 18.7 Å². The lowest BCUT2D eigenvalue weighted by Gasteiger charge is -2.11. The van der Waals surface area contributed by atoms with Crippen molar-refractivity contribution < 1.29 is 9.53 Å². The summed E-state index contributed by atoms with van der Waals surface area (Å²) >= 11 is 0. The topological polar surface area (TPSA) is 81.9 Å². The van der Waals surface area contributed by atoms with E-state index in [1.165, 1.54) is 0 Å². The van der Waals surface area contributed by atoms with Gasteiger partial charge in [-0.15, -0.1) is 5.10 Å². The molecule has 7 nitrogen and oxygen atoms in total. The van der Waals surface area contributed by atoms with Crippen LogP contribution in [0.5, 0.6) is 0 Å². The monoisotopic (exact) mass is 273 g/mol. The van der Waals surface area contributed by atoms with Gasteiger partial charge in [0.1, 0.15) is 6.10 Å². The Balaban J connectivity index is 1.78. The Labute approximate surface area is 115 Å². The number of benzene rings is 1. The molecule has 2 aromatic rings. The number of aryl methyl sites for hydroxylation is 1. The van der Waals surface area contributed by atoms with Crippen molar-refractivity contribution in [3.05, 3.63) is 30.1 Å². The highest BCUT2D eigenvalue weighted by Crippen LogP contribution is 2.17. The second-order valence-electron chi connectivity index (χ2n) is 4.68. The maximum atomic E-state index is 12.0. The molecule has 2 heterocycles. The van der Waals surface area contributed by atoms with Gasteiger partial charge in [-0.1, -0.05) is 6.07 Å². The summed E-state index contributed by atoms with van der Waals surface area (Å²) in [6, 6.07) is 7.39. The first kappa shape index (κ1) is 12.7. The Morgan fingerprint density at radius 3 is 3.10 bits per heavy atom. The number of aromatic nitrogens is 4. The van der Waals surface area contributed by atoms with Crippen LogP contribution in [0, 0.1) is 6.92 Å². The summed E-state index contributed by atoms with van der Waals surface area (Å²) in [7, 11) is 0. The van der Waals surface area contributed by atoms with Gasteiger partial charge in [-0.25, -0.2) is 0 Å². The molecule has 0 saturated carbocycles. The summed E-state index contributed by atoms with van der Waals surface area (Å²) in [5.74, 6) is 0.584. The third kappa shape index (κ3) is 2.53. The molecule has 3 rings (SSSR count). The third-order valence-electron chi connectivity index (χ3n) is 3.21. The van der Waals surface area contributed by atoms with Crippen LogP contribution in [-0.4, -0.2) is 38.8 Å². The number of tetrazole rings is 1. The van der Waals surface area contributed by atoms with Crippen LogP contribution in [0.15, 0.2) is 24.3 Å². The summed E-state index contributed by atoms with van der Waals surface area (Å²) in [6.07, 6.45) is 1.37. The highest BCUT2D eigenvalue weighted by atomic mass is 16.5. The van der Waals surface area contributed by atoms with Crippen LogP contribution in [0.25, 0.3) is 5.69 Å². The fourth-order valence-corrected chi connectivity index (χ4v) is 2.19. The lowest BCUT2D eigenvalue weighted by Crippen LogP contribution is -2.26. The zero-order chi connectivity index (χ0) is 13.9. The highest BCUT2D eigenvalue weighted by molar-refractivity contribution is 5.94. The maximum absolute atomic E-state index is 12.0. The van der Waals surface area contributed by atoms with E-state index in [0.717, 1.165) is 18.5 Å². The second kappa shape index (κ2) is 5.38. The fourth-order valence-electron chi connectivity index (χ4n) is 2.19. The van der Waals surface area contributed by atoms with E-state index in [9.17, 15) is 4.79 Å². The van der Waals surface area contributed by atoms with Gasteiger partial charge in [-0.05, 0) is 48.4 Å². The lowest BCUT2D eigenvalue weighted by molar-refractivity contribution is -0.124.